The van der Waals surface area contributed by atoms with Crippen LogP contribution in [0.5, 0.6) is 0 Å². The molecule has 31 heavy (non-hydrogen) atoms. The second-order valence-corrected chi connectivity index (χ2v) is 7.50. The predicted molar refractivity (Wildman–Crippen MR) is 102 cm³/mol. The van der Waals surface area contributed by atoms with Crippen LogP contribution in [-0.4, -0.2) is 73.4 Å². The van der Waals surface area contributed by atoms with Gasteiger partial charge in [0.15, 0.2) is 6.10 Å². The Labute approximate surface area is 176 Å². The molecule has 2 aliphatic rings. The number of ketones is 1. The molecule has 10 nitrogen and oxygen atoms in total. The molecule has 0 spiro atoms. The van der Waals surface area contributed by atoms with Gasteiger partial charge in [0.25, 0.3) is 0 Å². The normalized spacial score (nSPS) is 29.9. The number of nitrogens with zero attached hydrogens (tertiary/aromatic N) is 1. The van der Waals surface area contributed by atoms with Crippen molar-refractivity contribution < 1.29 is 44.3 Å². The van der Waals surface area contributed by atoms with Gasteiger partial charge < -0.3 is 34.5 Å². The number of carboxylic acid groups (broad SMARTS) is 1. The highest BCUT2D eigenvalue weighted by Crippen LogP contribution is 2.33. The number of fused-ring (bicyclic) bond motifs is 1. The van der Waals surface area contributed by atoms with E-state index < -0.39 is 48.6 Å². The molecule has 6 atom stereocenters. The molecule has 0 saturated carbocycles. The Bertz CT molecular complexity index is 1000. The lowest BCUT2D eigenvalue weighted by atomic mass is 9.99. The first kappa shape index (κ1) is 21.2. The van der Waals surface area contributed by atoms with Crippen molar-refractivity contribution in [3.8, 4) is 0 Å². The molecule has 2 aromatic rings. The quantitative estimate of drug-likeness (QED) is 0.367. The average molecular weight is 431 g/mol. The number of rotatable bonds is 5. The van der Waals surface area contributed by atoms with Gasteiger partial charge in [-0.2, -0.15) is 0 Å². The fraction of sp³-hybridized carbons (Fsp3) is 0.381. The lowest BCUT2D eigenvalue weighted by Crippen LogP contribution is -2.60. The summed E-state index contributed by atoms with van der Waals surface area (Å²) in [7, 11) is 0. The molecule has 0 aliphatic carbocycles. The third kappa shape index (κ3) is 3.74. The van der Waals surface area contributed by atoms with E-state index in [1.54, 1.807) is 47.0 Å². The maximum atomic E-state index is 12.8. The maximum Gasteiger partial charge on any atom is 0.335 e. The van der Waals surface area contributed by atoms with Gasteiger partial charge in [-0.1, -0.05) is 30.3 Å². The van der Waals surface area contributed by atoms with Gasteiger partial charge in [0.1, 0.15) is 18.3 Å². The van der Waals surface area contributed by atoms with Crippen molar-refractivity contribution in [2.75, 3.05) is 0 Å². The van der Waals surface area contributed by atoms with Crippen LogP contribution in [0.4, 0.5) is 0 Å². The van der Waals surface area contributed by atoms with Gasteiger partial charge in [-0.05, 0) is 18.6 Å². The van der Waals surface area contributed by atoms with E-state index >= 15 is 0 Å². The maximum absolute atomic E-state index is 12.8. The van der Waals surface area contributed by atoms with Crippen molar-refractivity contribution >= 4 is 17.7 Å². The monoisotopic (exact) mass is 431 g/mol. The van der Waals surface area contributed by atoms with Gasteiger partial charge >= 0.3 is 11.9 Å². The number of ether oxygens (including phenoxy) is 2. The lowest BCUT2D eigenvalue weighted by molar-refractivity contribution is -0.286. The van der Waals surface area contributed by atoms with Crippen LogP contribution >= 0.6 is 0 Å². The molecular formula is C21H21NO9. The first-order valence-corrected chi connectivity index (χ1v) is 9.71. The van der Waals surface area contributed by atoms with Gasteiger partial charge in [0.05, 0.1) is 11.6 Å². The second kappa shape index (κ2) is 8.23. The number of carbonyl (C=O) groups is 3. The molecule has 4 N–H and O–H groups in total. The third-order valence-corrected chi connectivity index (χ3v) is 5.61. The largest absolute Gasteiger partial charge is 0.479 e. The zero-order valence-electron chi connectivity index (χ0n) is 16.2. The minimum atomic E-state index is -1.88. The van der Waals surface area contributed by atoms with Crippen LogP contribution in [0, 0.1) is 0 Å². The Balaban J connectivity index is 1.50. The van der Waals surface area contributed by atoms with E-state index in [1.807, 2.05) is 0 Å². The number of hydrogen-bond acceptors (Lipinski definition) is 8. The van der Waals surface area contributed by atoms with E-state index in [1.165, 1.54) is 0 Å². The number of aliphatic carboxylic acids is 1. The summed E-state index contributed by atoms with van der Waals surface area (Å²) in [5.41, 5.74) is 1.49. The van der Waals surface area contributed by atoms with E-state index in [9.17, 15) is 29.7 Å². The van der Waals surface area contributed by atoms with Crippen LogP contribution in [0.25, 0.3) is 0 Å². The Kier molecular flexibility index (Phi) is 5.63. The van der Waals surface area contributed by atoms with Crippen molar-refractivity contribution in [3.05, 3.63) is 59.4 Å². The van der Waals surface area contributed by atoms with Crippen molar-refractivity contribution in [2.24, 2.45) is 0 Å². The summed E-state index contributed by atoms with van der Waals surface area (Å²) in [4.78, 5) is 36.7. The summed E-state index contributed by atoms with van der Waals surface area (Å²) in [6.07, 6.45) is -8.86. The summed E-state index contributed by atoms with van der Waals surface area (Å²) in [5.74, 6) is -3.32. The summed E-state index contributed by atoms with van der Waals surface area (Å²) in [6, 6.07) is 12.0. The highest BCUT2D eigenvalue weighted by molar-refractivity contribution is 6.08. The molecule has 0 amide bonds. The molecule has 2 aliphatic heterocycles. The molecule has 1 saturated heterocycles. The van der Waals surface area contributed by atoms with E-state index in [0.29, 0.717) is 29.9 Å². The first-order chi connectivity index (χ1) is 14.8. The van der Waals surface area contributed by atoms with Gasteiger partial charge in [-0.3, -0.25) is 9.59 Å². The number of aromatic nitrogens is 1. The van der Waals surface area contributed by atoms with Gasteiger partial charge in [-0.25, -0.2) is 4.79 Å². The second-order valence-electron chi connectivity index (χ2n) is 7.50. The predicted octanol–water partition coefficient (Wildman–Crippen LogP) is -0.358. The van der Waals surface area contributed by atoms with Crippen LogP contribution in [0.1, 0.15) is 34.1 Å². The van der Waals surface area contributed by atoms with Gasteiger partial charge in [-0.15, -0.1) is 0 Å². The number of aliphatic hydroxyl groups is 3. The number of hydrogen-bond donors (Lipinski definition) is 4. The number of carboxylic acids is 1. The van der Waals surface area contributed by atoms with E-state index in [-0.39, 0.29) is 5.78 Å². The average Bonchev–Trinajstić information content (AvgIpc) is 3.36. The molecule has 3 heterocycles. The van der Waals surface area contributed by atoms with Crippen molar-refractivity contribution in [1.82, 2.24) is 4.57 Å². The smallest absolute Gasteiger partial charge is 0.335 e. The molecule has 0 unspecified atom stereocenters. The summed E-state index contributed by atoms with van der Waals surface area (Å²) >= 11 is 0. The molecule has 0 bridgehead atoms. The molecule has 10 heteroatoms. The molecular weight excluding hydrogens is 410 g/mol. The molecule has 164 valence electrons. The van der Waals surface area contributed by atoms with Crippen LogP contribution in [0.3, 0.4) is 0 Å². The zero-order chi connectivity index (χ0) is 22.3. The summed E-state index contributed by atoms with van der Waals surface area (Å²) in [6.45, 7) is 0.392. The number of benzene rings is 1. The zero-order valence-corrected chi connectivity index (χ0v) is 16.2. The van der Waals surface area contributed by atoms with E-state index in [0.717, 1.165) is 0 Å². The van der Waals surface area contributed by atoms with E-state index in [2.05, 4.69) is 0 Å². The molecule has 0 radical (unpaired) electrons. The van der Waals surface area contributed by atoms with Crippen molar-refractivity contribution in [3.63, 3.8) is 0 Å². The minimum Gasteiger partial charge on any atom is -0.479 e. The first-order valence-electron chi connectivity index (χ1n) is 9.71. The summed E-state index contributed by atoms with van der Waals surface area (Å²) < 4.78 is 11.9. The third-order valence-electron chi connectivity index (χ3n) is 5.61. The highest BCUT2D eigenvalue weighted by atomic mass is 16.7. The van der Waals surface area contributed by atoms with Crippen molar-refractivity contribution in [1.29, 1.82) is 0 Å². The number of esters is 1. The standard InChI is InChI=1S/C21H21NO9/c23-14(10-4-2-1-3-5-10)13-7-6-12-11(8-9-22(12)13)20(29)31-21-17(26)15(24)16(25)18(30-21)19(27)28/h1-7,11,15-18,21,24-26H,8-9H2,(H,27,28)/t11-,15+,16+,17-,18+,21+/m0/s1. The minimum absolute atomic E-state index is 0.187. The topological polar surface area (TPSA) is 156 Å². The van der Waals surface area contributed by atoms with Gasteiger partial charge in [0.2, 0.25) is 12.1 Å². The fourth-order valence-electron chi connectivity index (χ4n) is 3.96. The summed E-state index contributed by atoms with van der Waals surface area (Å²) in [5, 5.41) is 38.7. The number of aliphatic hydroxyl groups excluding tert-OH is 3. The van der Waals surface area contributed by atoms with Crippen LogP contribution in [0.2, 0.25) is 0 Å². The molecule has 1 aromatic heterocycles. The van der Waals surface area contributed by atoms with Crippen LogP contribution in [-0.2, 0) is 25.6 Å². The lowest BCUT2D eigenvalue weighted by Gasteiger charge is -2.38. The molecule has 1 aromatic carbocycles. The Hall–Kier alpha value is -3.05. The molecule has 1 fully saturated rings. The SMILES string of the molecule is O=C(c1ccccc1)c1ccc2n1CC[C@@H]2C(=O)O[C@H]1O[C@@H](C(=O)O)[C@H](O)[C@@H](O)[C@@H]1O. The number of carbonyl (C=O) groups excluding carboxylic acids is 2. The molecule has 4 rings (SSSR count). The Morgan fingerprint density at radius 3 is 2.35 bits per heavy atom. The van der Waals surface area contributed by atoms with E-state index in [4.69, 9.17) is 14.6 Å². The Morgan fingerprint density at radius 1 is 0.968 bits per heavy atom. The van der Waals surface area contributed by atoms with Crippen LogP contribution < -0.4 is 0 Å². The highest BCUT2D eigenvalue weighted by Gasteiger charge is 2.49. The van der Waals surface area contributed by atoms with Gasteiger partial charge in [0, 0.05) is 17.8 Å². The Morgan fingerprint density at radius 2 is 1.68 bits per heavy atom. The van der Waals surface area contributed by atoms with Crippen molar-refractivity contribution in [2.45, 2.75) is 49.6 Å². The fourth-order valence-corrected chi connectivity index (χ4v) is 3.96. The van der Waals surface area contributed by atoms with Crippen LogP contribution in [0.15, 0.2) is 42.5 Å².